The second-order valence-electron chi connectivity index (χ2n) is 11.1. The Bertz CT molecular complexity index is 1770. The fraction of sp³-hybridized carbons (Fsp3) is 0.344. The topological polar surface area (TPSA) is 145 Å². The monoisotopic (exact) mass is 596 g/mol. The van der Waals surface area contributed by atoms with Crippen molar-refractivity contribution in [3.8, 4) is 23.3 Å². The molecule has 2 aromatic heterocycles. The van der Waals surface area contributed by atoms with Gasteiger partial charge in [0.1, 0.15) is 35.0 Å². The highest BCUT2D eigenvalue weighted by Gasteiger charge is 2.35. The molecule has 0 bridgehead atoms. The van der Waals surface area contributed by atoms with Gasteiger partial charge >= 0.3 is 5.69 Å². The molecule has 0 saturated carbocycles. The standard InChI is InChI=1S/C32H36N8O4/c1-5-39(24-19-43-20-24)32(2,3)17-22(18-33)30(41)37(4)15-16-38-29-27(28(34)35-21-36-29)40(31(38)42)23-11-13-26(14-12-23)44-25-9-7-6-8-10-25/h6-14,17,21,24H,5,15-16,19-20H2,1-4H3,(H2,34,35,36). The molecule has 1 fully saturated rings. The first-order valence-electron chi connectivity index (χ1n) is 14.4. The number of para-hydroxylation sites is 1. The number of hydrogen-bond acceptors (Lipinski definition) is 9. The summed E-state index contributed by atoms with van der Waals surface area (Å²) < 4.78 is 14.1. The fourth-order valence-electron chi connectivity index (χ4n) is 5.51. The predicted octanol–water partition coefficient (Wildman–Crippen LogP) is 3.36. The Morgan fingerprint density at radius 1 is 1.16 bits per heavy atom. The largest absolute Gasteiger partial charge is 0.457 e. The van der Waals surface area contributed by atoms with E-state index < -0.39 is 11.4 Å². The Morgan fingerprint density at radius 2 is 1.84 bits per heavy atom. The van der Waals surface area contributed by atoms with Crippen LogP contribution in [0.3, 0.4) is 0 Å². The van der Waals surface area contributed by atoms with Crippen LogP contribution in [-0.4, -0.2) is 79.7 Å². The molecule has 0 atom stereocenters. The molecule has 1 aliphatic rings. The summed E-state index contributed by atoms with van der Waals surface area (Å²) in [5, 5.41) is 9.90. The van der Waals surface area contributed by atoms with Crippen LogP contribution in [0.1, 0.15) is 20.8 Å². The molecule has 4 aromatic rings. The van der Waals surface area contributed by atoms with Crippen molar-refractivity contribution in [2.75, 3.05) is 39.1 Å². The molecule has 0 unspecified atom stereocenters. The third-order valence-corrected chi connectivity index (χ3v) is 7.80. The Kier molecular flexibility index (Phi) is 8.80. The van der Waals surface area contributed by atoms with Gasteiger partial charge in [0.05, 0.1) is 24.9 Å². The van der Waals surface area contributed by atoms with Crippen LogP contribution in [0.5, 0.6) is 11.5 Å². The summed E-state index contributed by atoms with van der Waals surface area (Å²) in [6.07, 6.45) is 3.01. The second-order valence-corrected chi connectivity index (χ2v) is 11.1. The van der Waals surface area contributed by atoms with Crippen LogP contribution in [0.25, 0.3) is 16.9 Å². The van der Waals surface area contributed by atoms with E-state index in [4.69, 9.17) is 15.2 Å². The number of hydrogen-bond donors (Lipinski definition) is 1. The van der Waals surface area contributed by atoms with E-state index in [9.17, 15) is 14.9 Å². The summed E-state index contributed by atoms with van der Waals surface area (Å²) in [5.41, 5.74) is 6.60. The van der Waals surface area contributed by atoms with Crippen LogP contribution in [0.15, 0.2) is 77.4 Å². The fourth-order valence-corrected chi connectivity index (χ4v) is 5.51. The van der Waals surface area contributed by atoms with Gasteiger partial charge in [0.15, 0.2) is 11.5 Å². The van der Waals surface area contributed by atoms with Crippen LogP contribution < -0.4 is 16.2 Å². The number of nitriles is 1. The lowest BCUT2D eigenvalue weighted by Crippen LogP contribution is -2.57. The van der Waals surface area contributed by atoms with Crippen molar-refractivity contribution in [2.45, 2.75) is 38.9 Å². The number of amides is 1. The lowest BCUT2D eigenvalue weighted by atomic mass is 9.95. The number of fused-ring (bicyclic) bond motifs is 1. The first kappa shape index (κ1) is 30.5. The maximum absolute atomic E-state index is 13.8. The minimum Gasteiger partial charge on any atom is -0.457 e. The van der Waals surface area contributed by atoms with E-state index in [1.54, 1.807) is 37.4 Å². The number of nitrogens with zero attached hydrogens (tertiary/aromatic N) is 7. The van der Waals surface area contributed by atoms with E-state index in [0.717, 1.165) is 6.54 Å². The van der Waals surface area contributed by atoms with Crippen LogP contribution >= 0.6 is 0 Å². The molecular weight excluding hydrogens is 560 g/mol. The molecule has 1 aliphatic heterocycles. The van der Waals surface area contributed by atoms with Crippen molar-refractivity contribution < 1.29 is 14.3 Å². The average Bonchev–Trinajstić information content (AvgIpc) is 3.28. The molecule has 0 spiro atoms. The maximum atomic E-state index is 13.8. The summed E-state index contributed by atoms with van der Waals surface area (Å²) in [4.78, 5) is 39.3. The molecule has 0 radical (unpaired) electrons. The molecule has 12 nitrogen and oxygen atoms in total. The molecule has 1 saturated heterocycles. The second kappa shape index (κ2) is 12.7. The lowest BCUT2D eigenvalue weighted by molar-refractivity contribution is -0.125. The highest BCUT2D eigenvalue weighted by Crippen LogP contribution is 2.26. The zero-order valence-corrected chi connectivity index (χ0v) is 25.3. The van der Waals surface area contributed by atoms with Crippen LogP contribution in [0.2, 0.25) is 0 Å². The molecule has 5 rings (SSSR count). The van der Waals surface area contributed by atoms with E-state index in [-0.39, 0.29) is 36.2 Å². The van der Waals surface area contributed by atoms with Gasteiger partial charge in [0.25, 0.3) is 5.91 Å². The van der Waals surface area contributed by atoms with Crippen molar-refractivity contribution in [3.63, 3.8) is 0 Å². The smallest absolute Gasteiger partial charge is 0.335 e. The third-order valence-electron chi connectivity index (χ3n) is 7.80. The minimum atomic E-state index is -0.536. The van der Waals surface area contributed by atoms with Crippen molar-refractivity contribution >= 4 is 22.9 Å². The third kappa shape index (κ3) is 6.06. The highest BCUT2D eigenvalue weighted by molar-refractivity contribution is 5.97. The van der Waals surface area contributed by atoms with Crippen LogP contribution in [-0.2, 0) is 16.1 Å². The number of carbonyl (C=O) groups excluding carboxylic acids is 1. The van der Waals surface area contributed by atoms with E-state index in [0.29, 0.717) is 41.6 Å². The van der Waals surface area contributed by atoms with Crippen molar-refractivity contribution in [1.29, 1.82) is 5.26 Å². The van der Waals surface area contributed by atoms with Gasteiger partial charge in [-0.15, -0.1) is 0 Å². The van der Waals surface area contributed by atoms with Crippen molar-refractivity contribution in [1.82, 2.24) is 28.9 Å². The van der Waals surface area contributed by atoms with Crippen LogP contribution in [0.4, 0.5) is 5.82 Å². The van der Waals surface area contributed by atoms with Gasteiger partial charge in [-0.05, 0) is 62.9 Å². The quantitative estimate of drug-likeness (QED) is 0.204. The summed E-state index contributed by atoms with van der Waals surface area (Å²) in [5.74, 6) is 1.02. The SMILES string of the molecule is CCN(C1COC1)C(C)(C)C=C(C#N)C(=O)N(C)CCn1c(=O)n(-c2ccc(Oc3ccccc3)cc2)c2c(N)ncnc21. The first-order valence-corrected chi connectivity index (χ1v) is 14.4. The van der Waals surface area contributed by atoms with Gasteiger partial charge in [-0.1, -0.05) is 25.1 Å². The molecule has 3 heterocycles. The zero-order chi connectivity index (χ0) is 31.4. The van der Waals surface area contributed by atoms with Gasteiger partial charge in [0, 0.05) is 25.7 Å². The van der Waals surface area contributed by atoms with E-state index in [2.05, 4.69) is 20.9 Å². The van der Waals surface area contributed by atoms with E-state index in [1.165, 1.54) is 20.4 Å². The number of aromatic nitrogens is 4. The van der Waals surface area contributed by atoms with Gasteiger partial charge in [-0.3, -0.25) is 18.8 Å². The average molecular weight is 597 g/mol. The zero-order valence-electron chi connectivity index (χ0n) is 25.3. The van der Waals surface area contributed by atoms with Crippen molar-refractivity contribution in [3.05, 3.63) is 83.1 Å². The maximum Gasteiger partial charge on any atom is 0.335 e. The number of imidazole rings is 1. The molecule has 0 aliphatic carbocycles. The molecule has 44 heavy (non-hydrogen) atoms. The molecular formula is C32H36N8O4. The lowest BCUT2D eigenvalue weighted by Gasteiger charge is -2.45. The number of ether oxygens (including phenoxy) is 2. The Balaban J connectivity index is 1.38. The van der Waals surface area contributed by atoms with Gasteiger partial charge in [-0.2, -0.15) is 5.26 Å². The predicted molar refractivity (Wildman–Crippen MR) is 166 cm³/mol. The summed E-state index contributed by atoms with van der Waals surface area (Å²) >= 11 is 0. The highest BCUT2D eigenvalue weighted by atomic mass is 16.5. The summed E-state index contributed by atoms with van der Waals surface area (Å²) in [7, 11) is 1.61. The summed E-state index contributed by atoms with van der Waals surface area (Å²) in [6, 6.07) is 18.7. The number of nitrogen functional groups attached to an aromatic ring is 1. The van der Waals surface area contributed by atoms with Crippen LogP contribution in [0, 0.1) is 11.3 Å². The van der Waals surface area contributed by atoms with E-state index >= 15 is 0 Å². The Labute approximate surface area is 255 Å². The van der Waals surface area contributed by atoms with Gasteiger partial charge < -0.3 is 20.1 Å². The number of likely N-dealkylation sites (N-methyl/N-ethyl adjacent to an activating group) is 2. The Hall–Kier alpha value is -4.99. The first-order chi connectivity index (χ1) is 21.1. The number of nitrogens with two attached hydrogens (primary N) is 1. The molecule has 228 valence electrons. The minimum absolute atomic E-state index is 0.0374. The van der Waals surface area contributed by atoms with Gasteiger partial charge in [0.2, 0.25) is 0 Å². The summed E-state index contributed by atoms with van der Waals surface area (Å²) in [6.45, 7) is 8.30. The number of rotatable bonds is 11. The number of anilines is 1. The van der Waals surface area contributed by atoms with E-state index in [1.807, 2.05) is 51.1 Å². The molecule has 12 heteroatoms. The van der Waals surface area contributed by atoms with Gasteiger partial charge in [-0.25, -0.2) is 14.8 Å². The normalized spacial score (nSPS) is 14.0. The molecule has 2 N–H and O–H groups in total. The number of benzene rings is 2. The number of carbonyl (C=O) groups is 1. The Morgan fingerprint density at radius 3 is 2.45 bits per heavy atom. The van der Waals surface area contributed by atoms with Crippen molar-refractivity contribution in [2.24, 2.45) is 0 Å². The molecule has 2 aromatic carbocycles. The molecule has 1 amide bonds.